The first-order valence-electron chi connectivity index (χ1n) is 10.1. The summed E-state index contributed by atoms with van der Waals surface area (Å²) in [5, 5.41) is 0. The molecule has 0 radical (unpaired) electrons. The van der Waals surface area contributed by atoms with Crippen molar-refractivity contribution in [1.82, 2.24) is 4.31 Å². The lowest BCUT2D eigenvalue weighted by Crippen LogP contribution is -2.27. The van der Waals surface area contributed by atoms with E-state index in [4.69, 9.17) is 14.2 Å². The monoisotopic (exact) mass is 445 g/mol. The molecule has 0 aromatic heterocycles. The van der Waals surface area contributed by atoms with Crippen molar-refractivity contribution in [1.29, 1.82) is 0 Å². The van der Waals surface area contributed by atoms with Crippen molar-refractivity contribution in [2.45, 2.75) is 30.6 Å². The van der Waals surface area contributed by atoms with E-state index < -0.39 is 22.6 Å². The zero-order valence-electron chi connectivity index (χ0n) is 16.9. The SMILES string of the molecule is O=C(CCc1ccc2c(c1)OCO2)OCC(=O)c1ccc(S(=O)(=O)N2CCCC2)cc1. The van der Waals surface area contributed by atoms with Crippen LogP contribution in [0.5, 0.6) is 11.5 Å². The average molecular weight is 445 g/mol. The minimum atomic E-state index is -3.52. The first kappa shape index (κ1) is 21.3. The lowest BCUT2D eigenvalue weighted by molar-refractivity contribution is -0.142. The minimum Gasteiger partial charge on any atom is -0.457 e. The molecule has 0 amide bonds. The predicted molar refractivity (Wildman–Crippen MR) is 111 cm³/mol. The van der Waals surface area contributed by atoms with Gasteiger partial charge in [-0.05, 0) is 61.2 Å². The Morgan fingerprint density at radius 1 is 0.968 bits per heavy atom. The van der Waals surface area contributed by atoms with Crippen LogP contribution in [0.4, 0.5) is 0 Å². The van der Waals surface area contributed by atoms with E-state index in [1.807, 2.05) is 12.1 Å². The van der Waals surface area contributed by atoms with Gasteiger partial charge in [-0.2, -0.15) is 4.31 Å². The van der Waals surface area contributed by atoms with Gasteiger partial charge >= 0.3 is 5.97 Å². The molecule has 2 aromatic carbocycles. The van der Waals surface area contributed by atoms with Gasteiger partial charge in [0, 0.05) is 25.1 Å². The zero-order valence-corrected chi connectivity index (χ0v) is 17.7. The Morgan fingerprint density at radius 3 is 2.42 bits per heavy atom. The van der Waals surface area contributed by atoms with Crippen LogP contribution >= 0.6 is 0 Å². The van der Waals surface area contributed by atoms with E-state index in [0.717, 1.165) is 18.4 Å². The molecule has 0 unspecified atom stereocenters. The average Bonchev–Trinajstić information content (AvgIpc) is 3.48. The second-order valence-electron chi connectivity index (χ2n) is 7.41. The Balaban J connectivity index is 1.27. The van der Waals surface area contributed by atoms with Gasteiger partial charge in [-0.3, -0.25) is 9.59 Å². The summed E-state index contributed by atoms with van der Waals surface area (Å²) in [5.41, 5.74) is 1.20. The second kappa shape index (κ2) is 9.07. The number of nitrogens with zero attached hydrogens (tertiary/aromatic N) is 1. The number of hydrogen-bond acceptors (Lipinski definition) is 7. The fraction of sp³-hybridized carbons (Fsp3) is 0.364. The number of Topliss-reactive ketones (excluding diaryl/α,β-unsaturated/α-hetero) is 1. The number of sulfonamides is 1. The maximum atomic E-state index is 12.5. The molecular weight excluding hydrogens is 422 g/mol. The first-order chi connectivity index (χ1) is 14.9. The maximum absolute atomic E-state index is 12.5. The number of carbonyl (C=O) groups excluding carboxylic acids is 2. The standard InChI is InChI=1S/C22H23NO7S/c24-19(17-5-7-18(8-6-17)31(26,27)23-11-1-2-12-23)14-28-22(25)10-4-16-3-9-20-21(13-16)30-15-29-20/h3,5-9,13H,1-2,4,10-12,14-15H2. The number of esters is 1. The van der Waals surface area contributed by atoms with E-state index in [9.17, 15) is 18.0 Å². The minimum absolute atomic E-state index is 0.125. The summed E-state index contributed by atoms with van der Waals surface area (Å²) >= 11 is 0. The number of aryl methyl sites for hydroxylation is 1. The molecule has 31 heavy (non-hydrogen) atoms. The molecule has 2 heterocycles. The van der Waals surface area contributed by atoms with Gasteiger partial charge in [0.25, 0.3) is 0 Å². The number of fused-ring (bicyclic) bond motifs is 1. The summed E-state index contributed by atoms with van der Waals surface area (Å²) in [5.74, 6) is 0.452. The van der Waals surface area contributed by atoms with E-state index in [1.54, 1.807) is 6.07 Å². The van der Waals surface area contributed by atoms with E-state index in [1.165, 1.54) is 28.6 Å². The molecule has 0 saturated carbocycles. The Kier molecular flexibility index (Phi) is 6.24. The van der Waals surface area contributed by atoms with Gasteiger partial charge in [0.2, 0.25) is 16.8 Å². The fourth-order valence-electron chi connectivity index (χ4n) is 3.53. The zero-order chi connectivity index (χ0) is 21.8. The normalized spacial score (nSPS) is 15.7. The molecule has 0 spiro atoms. The highest BCUT2D eigenvalue weighted by Crippen LogP contribution is 2.32. The van der Waals surface area contributed by atoms with Crippen LogP contribution in [0.15, 0.2) is 47.4 Å². The van der Waals surface area contributed by atoms with Crippen molar-refractivity contribution < 1.29 is 32.2 Å². The molecule has 9 heteroatoms. The van der Waals surface area contributed by atoms with Crippen LogP contribution in [0.3, 0.4) is 0 Å². The van der Waals surface area contributed by atoms with Crippen molar-refractivity contribution in [3.05, 3.63) is 53.6 Å². The van der Waals surface area contributed by atoms with Crippen molar-refractivity contribution in [2.24, 2.45) is 0 Å². The van der Waals surface area contributed by atoms with Gasteiger partial charge < -0.3 is 14.2 Å². The highest BCUT2D eigenvalue weighted by atomic mass is 32.2. The summed E-state index contributed by atoms with van der Waals surface area (Å²) < 4.78 is 42.2. The molecule has 0 N–H and O–H groups in total. The van der Waals surface area contributed by atoms with Gasteiger partial charge in [-0.25, -0.2) is 8.42 Å². The molecule has 2 aliphatic heterocycles. The van der Waals surface area contributed by atoms with Gasteiger partial charge in [0.05, 0.1) is 4.90 Å². The first-order valence-corrected chi connectivity index (χ1v) is 11.5. The van der Waals surface area contributed by atoms with E-state index >= 15 is 0 Å². The van der Waals surface area contributed by atoms with Crippen LogP contribution in [-0.2, 0) is 26.0 Å². The van der Waals surface area contributed by atoms with Crippen LogP contribution in [0.1, 0.15) is 35.2 Å². The Hall–Kier alpha value is -2.91. The molecule has 2 aliphatic rings. The molecule has 0 bridgehead atoms. The summed E-state index contributed by atoms with van der Waals surface area (Å²) in [4.78, 5) is 24.5. The molecule has 0 atom stereocenters. The molecule has 0 aliphatic carbocycles. The maximum Gasteiger partial charge on any atom is 0.306 e. The summed E-state index contributed by atoms with van der Waals surface area (Å²) in [6.45, 7) is 0.836. The molecular formula is C22H23NO7S. The lowest BCUT2D eigenvalue weighted by atomic mass is 10.1. The number of ether oxygens (including phenoxy) is 3. The highest BCUT2D eigenvalue weighted by Gasteiger charge is 2.27. The van der Waals surface area contributed by atoms with E-state index in [-0.39, 0.29) is 23.9 Å². The number of benzene rings is 2. The topological polar surface area (TPSA) is 99.2 Å². The molecule has 1 fully saturated rings. The number of ketones is 1. The van der Waals surface area contributed by atoms with Gasteiger partial charge in [0.15, 0.2) is 23.9 Å². The third kappa shape index (κ3) is 4.88. The Morgan fingerprint density at radius 2 is 1.68 bits per heavy atom. The number of carbonyl (C=O) groups is 2. The quantitative estimate of drug-likeness (QED) is 0.455. The van der Waals surface area contributed by atoms with Crippen LogP contribution < -0.4 is 9.47 Å². The van der Waals surface area contributed by atoms with Crippen molar-refractivity contribution in [2.75, 3.05) is 26.5 Å². The van der Waals surface area contributed by atoms with E-state index in [2.05, 4.69) is 0 Å². The molecule has 8 nitrogen and oxygen atoms in total. The Labute approximate surface area is 180 Å². The second-order valence-corrected chi connectivity index (χ2v) is 9.34. The van der Waals surface area contributed by atoms with Crippen LogP contribution in [0.25, 0.3) is 0 Å². The van der Waals surface area contributed by atoms with E-state index in [0.29, 0.717) is 36.6 Å². The predicted octanol–water partition coefficient (Wildman–Crippen LogP) is 2.56. The molecule has 4 rings (SSSR count). The molecule has 1 saturated heterocycles. The van der Waals surface area contributed by atoms with Gasteiger partial charge in [0.1, 0.15) is 0 Å². The van der Waals surface area contributed by atoms with Crippen LogP contribution in [-0.4, -0.2) is 51.0 Å². The van der Waals surface area contributed by atoms with Gasteiger partial charge in [-0.1, -0.05) is 6.07 Å². The van der Waals surface area contributed by atoms with Crippen molar-refractivity contribution in [3.63, 3.8) is 0 Å². The highest BCUT2D eigenvalue weighted by molar-refractivity contribution is 7.89. The van der Waals surface area contributed by atoms with Gasteiger partial charge in [-0.15, -0.1) is 0 Å². The summed E-state index contributed by atoms with van der Waals surface area (Å²) in [6, 6.07) is 11.2. The summed E-state index contributed by atoms with van der Waals surface area (Å²) in [7, 11) is -3.52. The summed E-state index contributed by atoms with van der Waals surface area (Å²) in [6.07, 6.45) is 2.29. The molecule has 164 valence electrons. The number of hydrogen-bond donors (Lipinski definition) is 0. The molecule has 2 aromatic rings. The third-order valence-electron chi connectivity index (χ3n) is 5.30. The smallest absolute Gasteiger partial charge is 0.306 e. The fourth-order valence-corrected chi connectivity index (χ4v) is 5.05. The van der Waals surface area contributed by atoms with Crippen molar-refractivity contribution >= 4 is 21.8 Å². The Bertz CT molecular complexity index is 1070. The number of rotatable bonds is 8. The van der Waals surface area contributed by atoms with Crippen LogP contribution in [0.2, 0.25) is 0 Å². The lowest BCUT2D eigenvalue weighted by Gasteiger charge is -2.15. The van der Waals surface area contributed by atoms with Crippen LogP contribution in [0, 0.1) is 0 Å². The van der Waals surface area contributed by atoms with Crippen molar-refractivity contribution in [3.8, 4) is 11.5 Å². The largest absolute Gasteiger partial charge is 0.457 e. The third-order valence-corrected chi connectivity index (χ3v) is 7.21.